The van der Waals surface area contributed by atoms with Gasteiger partial charge in [-0.15, -0.1) is 0 Å². The molecule has 0 spiro atoms. The summed E-state index contributed by atoms with van der Waals surface area (Å²) in [6.45, 7) is 1.89. The Balaban J connectivity index is 2.29. The molecule has 106 valence electrons. The highest BCUT2D eigenvalue weighted by atomic mass is 35.5. The van der Waals surface area contributed by atoms with E-state index in [4.69, 9.17) is 21.1 Å². The zero-order chi connectivity index (χ0) is 14.7. The first kappa shape index (κ1) is 14.3. The van der Waals surface area contributed by atoms with Crippen molar-refractivity contribution >= 4 is 23.6 Å². The van der Waals surface area contributed by atoms with E-state index >= 15 is 0 Å². The summed E-state index contributed by atoms with van der Waals surface area (Å²) in [4.78, 5) is 22.0. The van der Waals surface area contributed by atoms with Gasteiger partial charge in [0.2, 0.25) is 0 Å². The summed E-state index contributed by atoms with van der Waals surface area (Å²) in [6, 6.07) is 4.80. The minimum absolute atomic E-state index is 0.187. The number of nitrogens with zero attached hydrogens (tertiary/aromatic N) is 1. The van der Waals surface area contributed by atoms with Gasteiger partial charge in [-0.3, -0.25) is 14.9 Å². The second-order valence-corrected chi connectivity index (χ2v) is 4.56. The Morgan fingerprint density at radius 3 is 2.95 bits per heavy atom. The zero-order valence-electron chi connectivity index (χ0n) is 10.7. The Kier molecular flexibility index (Phi) is 4.24. The van der Waals surface area contributed by atoms with Crippen LogP contribution in [0, 0.1) is 10.1 Å². The molecule has 0 amide bonds. The topological polar surface area (TPSA) is 78.7 Å². The summed E-state index contributed by atoms with van der Waals surface area (Å²) in [5.74, 6) is -0.0861. The number of fused-ring (bicyclic) bond motifs is 1. The van der Waals surface area contributed by atoms with Gasteiger partial charge in [0, 0.05) is 16.7 Å². The van der Waals surface area contributed by atoms with Crippen molar-refractivity contribution in [3.05, 3.63) is 44.6 Å². The molecular formula is C13H12ClNO5. The van der Waals surface area contributed by atoms with E-state index in [1.54, 1.807) is 25.1 Å². The average Bonchev–Trinajstić information content (AvgIpc) is 2.38. The summed E-state index contributed by atoms with van der Waals surface area (Å²) in [5.41, 5.74) is 0.331. The van der Waals surface area contributed by atoms with E-state index in [0.29, 0.717) is 16.3 Å². The number of carbonyl (C=O) groups excluding carboxylic acids is 1. The molecule has 0 saturated heterocycles. The van der Waals surface area contributed by atoms with Gasteiger partial charge in [0.05, 0.1) is 18.0 Å². The monoisotopic (exact) mass is 297 g/mol. The third-order valence-corrected chi connectivity index (χ3v) is 2.98. The minimum Gasteiger partial charge on any atom is -0.478 e. The number of rotatable bonds is 4. The van der Waals surface area contributed by atoms with E-state index in [1.165, 1.54) is 6.08 Å². The molecule has 0 N–H and O–H groups in total. The lowest BCUT2D eigenvalue weighted by atomic mass is 10.1. The quantitative estimate of drug-likeness (QED) is 0.485. The van der Waals surface area contributed by atoms with Crippen molar-refractivity contribution in [3.63, 3.8) is 0 Å². The molecule has 1 atom stereocenters. The van der Waals surface area contributed by atoms with Crippen LogP contribution in [0.15, 0.2) is 23.9 Å². The Labute approximate surface area is 120 Å². The molecule has 0 fully saturated rings. The summed E-state index contributed by atoms with van der Waals surface area (Å²) in [7, 11) is 0. The number of hydrogen-bond acceptors (Lipinski definition) is 5. The third kappa shape index (κ3) is 3.08. The van der Waals surface area contributed by atoms with E-state index in [1.807, 2.05) is 0 Å². The number of benzene rings is 1. The fourth-order valence-corrected chi connectivity index (χ4v) is 2.07. The molecule has 0 aromatic heterocycles. The smallest absolute Gasteiger partial charge is 0.310 e. The number of halogens is 1. The fourth-order valence-electron chi connectivity index (χ4n) is 1.89. The zero-order valence-corrected chi connectivity index (χ0v) is 11.4. The molecule has 2 rings (SSSR count). The van der Waals surface area contributed by atoms with Gasteiger partial charge in [0.1, 0.15) is 5.75 Å². The molecule has 20 heavy (non-hydrogen) atoms. The first-order valence-electron chi connectivity index (χ1n) is 5.99. The van der Waals surface area contributed by atoms with Gasteiger partial charge in [-0.25, -0.2) is 0 Å². The van der Waals surface area contributed by atoms with Gasteiger partial charge in [-0.05, 0) is 25.1 Å². The SMILES string of the molecule is CCOC(=O)C[C@H]1Oc2ccc(Cl)cc2C=C1[N+](=O)[O-]. The van der Waals surface area contributed by atoms with Crippen LogP contribution in [0.3, 0.4) is 0 Å². The molecule has 1 heterocycles. The Morgan fingerprint density at radius 1 is 1.55 bits per heavy atom. The maximum absolute atomic E-state index is 11.5. The normalized spacial score (nSPS) is 16.7. The highest BCUT2D eigenvalue weighted by Crippen LogP contribution is 2.33. The van der Waals surface area contributed by atoms with Crippen LogP contribution in [0.1, 0.15) is 18.9 Å². The lowest BCUT2D eigenvalue weighted by molar-refractivity contribution is -0.433. The third-order valence-electron chi connectivity index (χ3n) is 2.74. The van der Waals surface area contributed by atoms with E-state index < -0.39 is 17.0 Å². The van der Waals surface area contributed by atoms with Crippen molar-refractivity contribution in [3.8, 4) is 5.75 Å². The molecule has 0 unspecified atom stereocenters. The van der Waals surface area contributed by atoms with Crippen molar-refractivity contribution in [1.82, 2.24) is 0 Å². The average molecular weight is 298 g/mol. The van der Waals surface area contributed by atoms with Crippen molar-refractivity contribution in [2.24, 2.45) is 0 Å². The van der Waals surface area contributed by atoms with Crippen LogP contribution in [0.2, 0.25) is 5.02 Å². The van der Waals surface area contributed by atoms with Crippen LogP contribution in [-0.2, 0) is 9.53 Å². The first-order valence-corrected chi connectivity index (χ1v) is 6.37. The van der Waals surface area contributed by atoms with E-state index in [2.05, 4.69) is 0 Å². The fraction of sp³-hybridized carbons (Fsp3) is 0.308. The first-order chi connectivity index (χ1) is 9.51. The van der Waals surface area contributed by atoms with Crippen LogP contribution in [0.25, 0.3) is 6.08 Å². The lowest BCUT2D eigenvalue weighted by Crippen LogP contribution is -2.30. The lowest BCUT2D eigenvalue weighted by Gasteiger charge is -2.21. The molecule has 1 aliphatic heterocycles. The van der Waals surface area contributed by atoms with E-state index in [-0.39, 0.29) is 18.7 Å². The Bertz CT molecular complexity index is 584. The van der Waals surface area contributed by atoms with Gasteiger partial charge in [0.25, 0.3) is 5.70 Å². The predicted octanol–water partition coefficient (Wildman–Crippen LogP) is 2.67. The molecule has 7 heteroatoms. The minimum atomic E-state index is -0.960. The maximum atomic E-state index is 11.5. The molecule has 0 radical (unpaired) electrons. The van der Waals surface area contributed by atoms with Gasteiger partial charge in [-0.2, -0.15) is 0 Å². The summed E-state index contributed by atoms with van der Waals surface area (Å²) in [6.07, 6.45) is 0.204. The number of esters is 1. The Hall–Kier alpha value is -2.08. The largest absolute Gasteiger partial charge is 0.478 e. The van der Waals surface area contributed by atoms with Crippen LogP contribution >= 0.6 is 11.6 Å². The number of nitro groups is 1. The standard InChI is InChI=1S/C13H12ClNO5/c1-2-19-13(16)7-12-10(15(17)18)6-8-5-9(14)3-4-11(8)20-12/h3-6,12H,2,7H2,1H3/t12-/m1/s1. The van der Waals surface area contributed by atoms with E-state index in [9.17, 15) is 14.9 Å². The molecule has 1 aromatic carbocycles. The van der Waals surface area contributed by atoms with Gasteiger partial charge >= 0.3 is 5.97 Å². The number of hydrogen-bond donors (Lipinski definition) is 0. The second-order valence-electron chi connectivity index (χ2n) is 4.12. The summed E-state index contributed by atoms with van der Waals surface area (Å²) in [5, 5.41) is 11.5. The van der Waals surface area contributed by atoms with E-state index in [0.717, 1.165) is 0 Å². The molecule has 1 aliphatic rings. The van der Waals surface area contributed by atoms with Crippen LogP contribution in [0.5, 0.6) is 5.75 Å². The van der Waals surface area contributed by atoms with Crippen molar-refractivity contribution in [2.75, 3.05) is 6.61 Å². The molecule has 0 saturated carbocycles. The second kappa shape index (κ2) is 5.92. The highest BCUT2D eigenvalue weighted by Gasteiger charge is 2.34. The molecule has 1 aromatic rings. The van der Waals surface area contributed by atoms with Gasteiger partial charge in [-0.1, -0.05) is 11.6 Å². The molecule has 0 bridgehead atoms. The van der Waals surface area contributed by atoms with Crippen molar-refractivity contribution in [1.29, 1.82) is 0 Å². The molecule has 0 aliphatic carbocycles. The van der Waals surface area contributed by atoms with Crippen molar-refractivity contribution in [2.45, 2.75) is 19.4 Å². The van der Waals surface area contributed by atoms with Crippen LogP contribution in [0.4, 0.5) is 0 Å². The Morgan fingerprint density at radius 2 is 2.30 bits per heavy atom. The molecule has 6 nitrogen and oxygen atoms in total. The number of ether oxygens (including phenoxy) is 2. The summed E-state index contributed by atoms with van der Waals surface area (Å²) < 4.78 is 10.3. The van der Waals surface area contributed by atoms with Gasteiger partial charge in [0.15, 0.2) is 6.10 Å². The molecular weight excluding hydrogens is 286 g/mol. The van der Waals surface area contributed by atoms with Gasteiger partial charge < -0.3 is 9.47 Å². The predicted molar refractivity (Wildman–Crippen MR) is 72.1 cm³/mol. The van der Waals surface area contributed by atoms with Crippen molar-refractivity contribution < 1.29 is 19.2 Å². The maximum Gasteiger partial charge on any atom is 0.310 e. The van der Waals surface area contributed by atoms with Crippen LogP contribution < -0.4 is 4.74 Å². The summed E-state index contributed by atoms with van der Waals surface area (Å²) >= 11 is 5.84. The van der Waals surface area contributed by atoms with Crippen LogP contribution in [-0.4, -0.2) is 23.6 Å². The highest BCUT2D eigenvalue weighted by molar-refractivity contribution is 6.30. The number of carbonyl (C=O) groups is 1.